The number of nitrogens with one attached hydrogen (secondary N) is 1. The molecule has 0 radical (unpaired) electrons. The van der Waals surface area contributed by atoms with E-state index in [0.717, 1.165) is 13.4 Å². The zero-order chi connectivity index (χ0) is 23.1. The third kappa shape index (κ3) is 8.98. The van der Waals surface area contributed by atoms with Crippen LogP contribution in [-0.4, -0.2) is 39.0 Å². The van der Waals surface area contributed by atoms with Gasteiger partial charge in [0.1, 0.15) is 6.04 Å². The molecule has 0 aliphatic carbocycles. The lowest BCUT2D eigenvalue weighted by Crippen LogP contribution is -2.32. The Balaban J connectivity index is 2.95. The number of allylic oxidation sites excluding steroid dienone is 1. The van der Waals surface area contributed by atoms with E-state index in [2.05, 4.69) is 29.2 Å². The molecule has 1 aromatic carbocycles. The largest absolute Gasteiger partial charge is 0.480 e. The molecule has 0 fully saturated rings. The fourth-order valence-corrected chi connectivity index (χ4v) is 5.43. The third-order valence-corrected chi connectivity index (χ3v) is 7.65. The summed E-state index contributed by atoms with van der Waals surface area (Å²) in [5.74, 6) is -4.02. The molecular weight excluding hydrogens is 552 g/mol. The lowest BCUT2D eigenvalue weighted by Gasteiger charge is -2.22. The predicted molar refractivity (Wildman–Crippen MR) is 125 cm³/mol. The normalized spacial score (nSPS) is 16.5. The lowest BCUT2D eigenvalue weighted by atomic mass is 9.95. The Morgan fingerprint density at radius 3 is 2.30 bits per heavy atom. The van der Waals surface area contributed by atoms with Crippen LogP contribution >= 0.6 is 34.4 Å². The number of hydrogen-bond acceptors (Lipinski definition) is 5. The fraction of sp³-hybridized carbons (Fsp3) is 0.421. The number of aliphatic carboxylic acids is 1. The number of alkyl halides is 3. The molecule has 168 valence electrons. The van der Waals surface area contributed by atoms with Gasteiger partial charge in [-0.05, 0) is 53.5 Å². The Morgan fingerprint density at radius 1 is 1.33 bits per heavy atom. The molecule has 0 amide bonds. The summed E-state index contributed by atoms with van der Waals surface area (Å²) < 4.78 is 61.8. The SMILES string of the molecule is C=C(I)S/C(=C\C)c1ccc(C(CCS(=N)(=O)CC[C@H](N)C(=O)O)C(F)(F)F)cc1. The van der Waals surface area contributed by atoms with Gasteiger partial charge >= 0.3 is 12.1 Å². The number of carbonyl (C=O) groups is 1. The average Bonchev–Trinajstić information content (AvgIpc) is 2.63. The van der Waals surface area contributed by atoms with Gasteiger partial charge in [-0.1, -0.05) is 48.7 Å². The molecule has 0 bridgehead atoms. The third-order valence-electron chi connectivity index (χ3n) is 4.29. The van der Waals surface area contributed by atoms with Crippen LogP contribution in [0.1, 0.15) is 36.8 Å². The van der Waals surface area contributed by atoms with Crippen LogP contribution < -0.4 is 5.73 Å². The first kappa shape index (κ1) is 27.0. The Kier molecular flexibility index (Phi) is 10.4. The van der Waals surface area contributed by atoms with Gasteiger partial charge in [-0.25, -0.2) is 4.21 Å². The molecule has 4 N–H and O–H groups in total. The molecule has 0 aliphatic rings. The van der Waals surface area contributed by atoms with Gasteiger partial charge in [0.25, 0.3) is 0 Å². The molecule has 0 spiro atoms. The second kappa shape index (κ2) is 11.5. The van der Waals surface area contributed by atoms with E-state index in [1.807, 2.05) is 13.0 Å². The van der Waals surface area contributed by atoms with Crippen molar-refractivity contribution >= 4 is 55.0 Å². The van der Waals surface area contributed by atoms with E-state index in [4.69, 9.17) is 15.6 Å². The van der Waals surface area contributed by atoms with Crippen LogP contribution in [0.3, 0.4) is 0 Å². The number of halogens is 4. The molecule has 11 heteroatoms. The summed E-state index contributed by atoms with van der Waals surface area (Å²) in [6.45, 7) is 5.63. The number of benzene rings is 1. The number of hydrogen-bond donors (Lipinski definition) is 3. The monoisotopic (exact) mass is 576 g/mol. The number of carboxylic acids is 1. The van der Waals surface area contributed by atoms with Crippen molar-refractivity contribution in [1.82, 2.24) is 0 Å². The molecular formula is C19H24F3IN2O3S2. The number of rotatable bonds is 11. The predicted octanol–water partition coefficient (Wildman–Crippen LogP) is 5.57. The average molecular weight is 576 g/mol. The highest BCUT2D eigenvalue weighted by atomic mass is 127. The van der Waals surface area contributed by atoms with Gasteiger partial charge in [-0.15, -0.1) is 0 Å². The lowest BCUT2D eigenvalue weighted by molar-refractivity contribution is -0.150. The highest BCUT2D eigenvalue weighted by Crippen LogP contribution is 2.40. The van der Waals surface area contributed by atoms with Gasteiger partial charge in [-0.2, -0.15) is 13.2 Å². The molecule has 0 saturated heterocycles. The summed E-state index contributed by atoms with van der Waals surface area (Å²) in [5.41, 5.74) is 6.11. The highest BCUT2D eigenvalue weighted by molar-refractivity contribution is 14.1. The minimum absolute atomic E-state index is 0.0254. The minimum Gasteiger partial charge on any atom is -0.480 e. The summed E-state index contributed by atoms with van der Waals surface area (Å²) in [7, 11) is -3.38. The van der Waals surface area contributed by atoms with Gasteiger partial charge < -0.3 is 10.8 Å². The number of carboxylic acid groups (broad SMARTS) is 1. The maximum absolute atomic E-state index is 13.6. The Morgan fingerprint density at radius 2 is 1.87 bits per heavy atom. The molecule has 0 aromatic heterocycles. The van der Waals surface area contributed by atoms with Crippen LogP contribution in [0, 0.1) is 4.78 Å². The summed E-state index contributed by atoms with van der Waals surface area (Å²) in [6, 6.07) is 4.68. The van der Waals surface area contributed by atoms with Gasteiger partial charge in [0.2, 0.25) is 0 Å². The van der Waals surface area contributed by atoms with Gasteiger partial charge in [-0.3, -0.25) is 9.57 Å². The summed E-state index contributed by atoms with van der Waals surface area (Å²) in [5, 5.41) is 8.74. The maximum Gasteiger partial charge on any atom is 0.395 e. The molecule has 1 rings (SSSR count). The second-order valence-electron chi connectivity index (χ2n) is 6.57. The Hall–Kier alpha value is -1.05. The first-order valence-corrected chi connectivity index (χ1v) is 12.6. The van der Waals surface area contributed by atoms with Crippen LogP contribution in [0.2, 0.25) is 0 Å². The molecule has 0 heterocycles. The van der Waals surface area contributed by atoms with Crippen LogP contribution in [0.4, 0.5) is 13.2 Å². The van der Waals surface area contributed by atoms with E-state index >= 15 is 0 Å². The van der Waals surface area contributed by atoms with E-state index in [1.165, 1.54) is 23.9 Å². The van der Waals surface area contributed by atoms with Gasteiger partial charge in [0.15, 0.2) is 0 Å². The van der Waals surface area contributed by atoms with Crippen molar-refractivity contribution in [3.05, 3.63) is 51.0 Å². The molecule has 3 atom stereocenters. The zero-order valence-electron chi connectivity index (χ0n) is 16.2. The van der Waals surface area contributed by atoms with E-state index in [9.17, 15) is 22.2 Å². The maximum atomic E-state index is 13.6. The second-order valence-corrected chi connectivity index (χ2v) is 12.2. The standard InChI is InChI=1S/C19H24F3IN2O3S2/c1-3-17(29-12(2)23)14-6-4-13(5-7-14)15(19(20,21)22)8-10-30(25,28)11-9-16(24)18(26)27/h3-7,15-16,25H,2,8-11,24H2,1H3,(H,26,27)/b17-3-/t15?,16-,30?/m0/s1. The molecule has 30 heavy (non-hydrogen) atoms. The fourth-order valence-electron chi connectivity index (χ4n) is 2.65. The van der Waals surface area contributed by atoms with Crippen LogP contribution in [-0.2, 0) is 14.5 Å². The Bertz CT molecular complexity index is 885. The quantitative estimate of drug-likeness (QED) is 0.299. The van der Waals surface area contributed by atoms with E-state index in [0.29, 0.717) is 0 Å². The van der Waals surface area contributed by atoms with Crippen molar-refractivity contribution in [2.24, 2.45) is 5.73 Å². The van der Waals surface area contributed by atoms with E-state index in [-0.39, 0.29) is 17.7 Å². The van der Waals surface area contributed by atoms with Gasteiger partial charge in [0.05, 0.1) is 5.92 Å². The van der Waals surface area contributed by atoms with Crippen LogP contribution in [0.25, 0.3) is 4.91 Å². The molecule has 1 aromatic rings. The molecule has 0 saturated carbocycles. The molecule has 2 unspecified atom stereocenters. The molecule has 5 nitrogen and oxygen atoms in total. The van der Waals surface area contributed by atoms with Gasteiger partial charge in [0, 0.05) is 29.1 Å². The highest BCUT2D eigenvalue weighted by Gasteiger charge is 2.40. The summed E-state index contributed by atoms with van der Waals surface area (Å²) in [4.78, 5) is 11.6. The van der Waals surface area contributed by atoms with E-state index in [1.54, 1.807) is 12.1 Å². The smallest absolute Gasteiger partial charge is 0.395 e. The minimum atomic E-state index is -4.57. The van der Waals surface area contributed by atoms with E-state index < -0.39 is 46.0 Å². The van der Waals surface area contributed by atoms with Crippen LogP contribution in [0.5, 0.6) is 0 Å². The van der Waals surface area contributed by atoms with Crippen molar-refractivity contribution in [3.63, 3.8) is 0 Å². The van der Waals surface area contributed by atoms with Crippen molar-refractivity contribution < 1.29 is 27.3 Å². The van der Waals surface area contributed by atoms with Crippen molar-refractivity contribution in [2.45, 2.75) is 37.9 Å². The van der Waals surface area contributed by atoms with Crippen molar-refractivity contribution in [2.75, 3.05) is 11.5 Å². The first-order valence-electron chi connectivity index (χ1n) is 8.85. The summed E-state index contributed by atoms with van der Waals surface area (Å²) in [6.07, 6.45) is -3.47. The zero-order valence-corrected chi connectivity index (χ0v) is 20.0. The van der Waals surface area contributed by atoms with Crippen molar-refractivity contribution in [1.29, 1.82) is 4.78 Å². The Labute approximate surface area is 192 Å². The van der Waals surface area contributed by atoms with Crippen molar-refractivity contribution in [3.8, 4) is 0 Å². The number of thioether (sulfide) groups is 1. The number of nitrogens with two attached hydrogens (primary N) is 1. The summed E-state index contributed by atoms with van der Waals surface area (Å²) >= 11 is 3.47. The van der Waals surface area contributed by atoms with Crippen LogP contribution in [0.15, 0.2) is 39.8 Å². The first-order chi connectivity index (χ1) is 13.8. The topological polar surface area (TPSA) is 104 Å². The molecule has 0 aliphatic heterocycles.